The Kier molecular flexibility index (Phi) is 6.64. The molecule has 1 N–H and O–H groups in total. The summed E-state index contributed by atoms with van der Waals surface area (Å²) in [6.07, 6.45) is 3.06. The van der Waals surface area contributed by atoms with Crippen molar-refractivity contribution in [2.24, 2.45) is 0 Å². The number of furan rings is 1. The Morgan fingerprint density at radius 3 is 2.48 bits per heavy atom. The van der Waals surface area contributed by atoms with Crippen molar-refractivity contribution in [3.05, 3.63) is 94.9 Å². The van der Waals surface area contributed by atoms with Gasteiger partial charge in [0.15, 0.2) is 6.61 Å². The van der Waals surface area contributed by atoms with E-state index >= 15 is 0 Å². The number of fused-ring (bicyclic) bond motifs is 1. The quantitative estimate of drug-likeness (QED) is 0.308. The maximum Gasteiger partial charge on any atom is 0.338 e. The first kappa shape index (κ1) is 22.0. The molecule has 33 heavy (non-hydrogen) atoms. The highest BCUT2D eigenvalue weighted by molar-refractivity contribution is 6.21. The molecule has 4 rings (SSSR count). The van der Waals surface area contributed by atoms with Crippen LogP contribution in [0.4, 0.5) is 0 Å². The fourth-order valence-corrected chi connectivity index (χ4v) is 3.55. The summed E-state index contributed by atoms with van der Waals surface area (Å²) in [6.45, 7) is 0.0363. The third kappa shape index (κ3) is 5.17. The van der Waals surface area contributed by atoms with E-state index in [0.717, 1.165) is 17.7 Å². The van der Waals surface area contributed by atoms with Gasteiger partial charge >= 0.3 is 5.97 Å². The Bertz CT molecular complexity index is 1170. The largest absolute Gasteiger partial charge is 0.467 e. The Labute approximate surface area is 190 Å². The van der Waals surface area contributed by atoms with Crippen LogP contribution in [-0.2, 0) is 22.5 Å². The molecule has 0 aliphatic carbocycles. The lowest BCUT2D eigenvalue weighted by Crippen LogP contribution is -2.29. The van der Waals surface area contributed by atoms with Crippen LogP contribution in [0.25, 0.3) is 0 Å². The van der Waals surface area contributed by atoms with Crippen LogP contribution in [0, 0.1) is 0 Å². The zero-order valence-corrected chi connectivity index (χ0v) is 17.8. The predicted molar refractivity (Wildman–Crippen MR) is 117 cm³/mol. The van der Waals surface area contributed by atoms with Gasteiger partial charge in [0.25, 0.3) is 17.7 Å². The highest BCUT2D eigenvalue weighted by Gasteiger charge is 2.36. The van der Waals surface area contributed by atoms with Crippen molar-refractivity contribution in [3.63, 3.8) is 0 Å². The van der Waals surface area contributed by atoms with Gasteiger partial charge in [0, 0.05) is 6.54 Å². The molecule has 0 saturated heterocycles. The van der Waals surface area contributed by atoms with Gasteiger partial charge < -0.3 is 14.5 Å². The highest BCUT2D eigenvalue weighted by atomic mass is 16.5. The van der Waals surface area contributed by atoms with E-state index in [4.69, 9.17) is 9.15 Å². The van der Waals surface area contributed by atoms with Crippen molar-refractivity contribution in [1.82, 2.24) is 10.2 Å². The summed E-state index contributed by atoms with van der Waals surface area (Å²) >= 11 is 0. The van der Waals surface area contributed by atoms with Crippen LogP contribution in [0.1, 0.15) is 48.8 Å². The molecule has 1 aromatic heterocycles. The topological polar surface area (TPSA) is 106 Å². The number of amides is 3. The molecule has 0 fully saturated rings. The Morgan fingerprint density at radius 1 is 0.939 bits per heavy atom. The minimum absolute atomic E-state index is 0.00354. The second-order valence-electron chi connectivity index (χ2n) is 7.55. The fraction of sp³-hybridized carbons (Fsp3) is 0.200. The normalized spacial score (nSPS) is 12.5. The molecule has 168 valence electrons. The van der Waals surface area contributed by atoms with Gasteiger partial charge in [-0.15, -0.1) is 0 Å². The monoisotopic (exact) mass is 446 g/mol. The van der Waals surface area contributed by atoms with Crippen LogP contribution < -0.4 is 5.32 Å². The molecule has 0 atom stereocenters. The van der Waals surface area contributed by atoms with Crippen LogP contribution in [0.15, 0.2) is 71.3 Å². The highest BCUT2D eigenvalue weighted by Crippen LogP contribution is 2.26. The molecule has 2 heterocycles. The summed E-state index contributed by atoms with van der Waals surface area (Å²) < 4.78 is 10.3. The van der Waals surface area contributed by atoms with Crippen molar-refractivity contribution in [3.8, 4) is 0 Å². The SMILES string of the molecule is O=C(COC(=O)c1ccc2c(c1)C(=O)N(Cc1ccco1)C2=O)NCCCc1ccccc1. The van der Waals surface area contributed by atoms with Gasteiger partial charge in [-0.1, -0.05) is 30.3 Å². The minimum atomic E-state index is -0.748. The number of nitrogens with zero attached hydrogens (tertiary/aromatic N) is 1. The van der Waals surface area contributed by atoms with Crippen LogP contribution >= 0.6 is 0 Å². The number of hydrogen-bond donors (Lipinski definition) is 1. The van der Waals surface area contributed by atoms with E-state index in [0.29, 0.717) is 12.3 Å². The number of imide groups is 1. The number of hydrogen-bond acceptors (Lipinski definition) is 6. The average molecular weight is 446 g/mol. The number of esters is 1. The predicted octanol–water partition coefficient (Wildman–Crippen LogP) is 2.98. The number of carbonyl (C=O) groups is 4. The van der Waals surface area contributed by atoms with Crippen LogP contribution in [-0.4, -0.2) is 41.7 Å². The minimum Gasteiger partial charge on any atom is -0.467 e. The molecule has 3 amide bonds. The third-order valence-corrected chi connectivity index (χ3v) is 5.24. The van der Waals surface area contributed by atoms with E-state index in [1.54, 1.807) is 12.1 Å². The van der Waals surface area contributed by atoms with Crippen molar-refractivity contribution in [2.45, 2.75) is 19.4 Å². The van der Waals surface area contributed by atoms with Crippen molar-refractivity contribution in [1.29, 1.82) is 0 Å². The number of nitrogens with one attached hydrogen (secondary N) is 1. The first-order chi connectivity index (χ1) is 16.0. The lowest BCUT2D eigenvalue weighted by Gasteiger charge is -2.11. The number of aryl methyl sites for hydroxylation is 1. The maximum absolute atomic E-state index is 12.7. The average Bonchev–Trinajstić information content (AvgIpc) is 3.44. The Hall–Kier alpha value is -4.20. The van der Waals surface area contributed by atoms with Crippen LogP contribution in [0.2, 0.25) is 0 Å². The summed E-state index contributed by atoms with van der Waals surface area (Å²) in [4.78, 5) is 50.6. The molecule has 8 nitrogen and oxygen atoms in total. The van der Waals surface area contributed by atoms with E-state index in [1.165, 1.54) is 30.0 Å². The first-order valence-electron chi connectivity index (χ1n) is 10.5. The van der Waals surface area contributed by atoms with Gasteiger partial charge in [0.05, 0.1) is 29.5 Å². The molecule has 0 bridgehead atoms. The summed E-state index contributed by atoms with van der Waals surface area (Å²) in [7, 11) is 0. The number of ether oxygens (including phenoxy) is 1. The van der Waals surface area contributed by atoms with E-state index in [-0.39, 0.29) is 23.2 Å². The standard InChI is InChI=1S/C25H22N2O6/c28-22(26-12-4-8-17-6-2-1-3-7-17)16-33-25(31)18-10-11-20-21(14-18)24(30)27(23(20)29)15-19-9-5-13-32-19/h1-3,5-7,9-11,13-14H,4,8,12,15-16H2,(H,26,28). The van der Waals surface area contributed by atoms with Crippen molar-refractivity contribution >= 4 is 23.7 Å². The van der Waals surface area contributed by atoms with Gasteiger partial charge in [-0.2, -0.15) is 0 Å². The van der Waals surface area contributed by atoms with Gasteiger partial charge in [0.1, 0.15) is 5.76 Å². The molecule has 1 aliphatic rings. The zero-order valence-electron chi connectivity index (χ0n) is 17.8. The molecule has 1 aliphatic heterocycles. The second-order valence-corrected chi connectivity index (χ2v) is 7.55. The Morgan fingerprint density at radius 2 is 1.73 bits per heavy atom. The molecular weight excluding hydrogens is 424 g/mol. The van der Waals surface area contributed by atoms with Gasteiger partial charge in [0.2, 0.25) is 0 Å². The summed E-state index contributed by atoms with van der Waals surface area (Å²) in [5, 5.41) is 2.71. The summed E-state index contributed by atoms with van der Waals surface area (Å²) in [6, 6.07) is 17.4. The third-order valence-electron chi connectivity index (χ3n) is 5.24. The van der Waals surface area contributed by atoms with E-state index in [1.807, 2.05) is 30.3 Å². The molecule has 0 unspecified atom stereocenters. The summed E-state index contributed by atoms with van der Waals surface area (Å²) in [5.41, 5.74) is 1.60. The van der Waals surface area contributed by atoms with E-state index < -0.39 is 30.3 Å². The Balaban J connectivity index is 1.27. The van der Waals surface area contributed by atoms with Gasteiger partial charge in [-0.3, -0.25) is 19.3 Å². The zero-order chi connectivity index (χ0) is 23.2. The van der Waals surface area contributed by atoms with Gasteiger partial charge in [-0.25, -0.2) is 4.79 Å². The smallest absolute Gasteiger partial charge is 0.338 e. The first-order valence-corrected chi connectivity index (χ1v) is 10.5. The fourth-order valence-electron chi connectivity index (χ4n) is 3.55. The maximum atomic E-state index is 12.7. The lowest BCUT2D eigenvalue weighted by atomic mass is 10.1. The van der Waals surface area contributed by atoms with Crippen LogP contribution in [0.3, 0.4) is 0 Å². The summed E-state index contributed by atoms with van der Waals surface area (Å²) in [5.74, 6) is -1.66. The molecule has 0 radical (unpaired) electrons. The van der Waals surface area contributed by atoms with Crippen molar-refractivity contribution in [2.75, 3.05) is 13.2 Å². The molecule has 0 saturated carbocycles. The second kappa shape index (κ2) is 9.95. The van der Waals surface area contributed by atoms with Gasteiger partial charge in [-0.05, 0) is 48.7 Å². The number of rotatable bonds is 9. The number of benzene rings is 2. The molecular formula is C25H22N2O6. The molecule has 0 spiro atoms. The number of carbonyl (C=O) groups excluding carboxylic acids is 4. The molecule has 3 aromatic rings. The van der Waals surface area contributed by atoms with E-state index in [2.05, 4.69) is 5.32 Å². The van der Waals surface area contributed by atoms with E-state index in [9.17, 15) is 19.2 Å². The van der Waals surface area contributed by atoms with Crippen molar-refractivity contribution < 1.29 is 28.3 Å². The molecule has 8 heteroatoms. The lowest BCUT2D eigenvalue weighted by molar-refractivity contribution is -0.124. The van der Waals surface area contributed by atoms with Crippen LogP contribution in [0.5, 0.6) is 0 Å². The molecule has 2 aromatic carbocycles.